The van der Waals surface area contributed by atoms with Crippen LogP contribution in [-0.2, 0) is 38.9 Å². The summed E-state index contributed by atoms with van der Waals surface area (Å²) >= 11 is 1.84. The Hall–Kier alpha value is 0.364. The molecule has 0 amide bonds. The van der Waals surface area contributed by atoms with Crippen molar-refractivity contribution >= 4 is 32.0 Å². The summed E-state index contributed by atoms with van der Waals surface area (Å²) in [7, 11) is -3.25. The first-order chi connectivity index (χ1) is 7.01. The topological polar surface area (TPSA) is 158 Å². The van der Waals surface area contributed by atoms with Gasteiger partial charge in [-0.1, -0.05) is 0 Å². The van der Waals surface area contributed by atoms with Gasteiger partial charge < -0.3 is 14.7 Å². The van der Waals surface area contributed by atoms with Crippen molar-refractivity contribution in [1.82, 2.24) is 0 Å². The molecule has 0 saturated carbocycles. The fourth-order valence-electron chi connectivity index (χ4n) is 0.107. The summed E-state index contributed by atoms with van der Waals surface area (Å²) in [6, 6.07) is 0. The van der Waals surface area contributed by atoms with Gasteiger partial charge in [-0.25, -0.2) is 0 Å². The summed E-state index contributed by atoms with van der Waals surface area (Å²) in [6.07, 6.45) is 0.292. The van der Waals surface area contributed by atoms with Gasteiger partial charge in [0.2, 0.25) is 0 Å². The number of hydrogen-bond donors (Lipinski definition) is 1. The van der Waals surface area contributed by atoms with Gasteiger partial charge >= 0.3 is 47.5 Å². The van der Waals surface area contributed by atoms with Crippen molar-refractivity contribution in [3.8, 4) is 0 Å². The molecule has 0 radical (unpaired) electrons. The Morgan fingerprint density at radius 1 is 1.07 bits per heavy atom. The van der Waals surface area contributed by atoms with Crippen molar-refractivity contribution in [2.24, 2.45) is 0 Å². The molecule has 0 aliphatic carbocycles. The average molecular weight is 310 g/mol. The molecule has 0 aromatic carbocycles. The van der Waals surface area contributed by atoms with Crippen molar-refractivity contribution in [1.29, 1.82) is 0 Å². The maximum atomic E-state index is 9.60. The van der Waals surface area contributed by atoms with Gasteiger partial charge in [-0.3, -0.25) is 13.7 Å². The number of carbonyl (C=O) groups is 1. The standard InChI is InChI=1S/C3H5O2.3HO2P.Ti/c1-2-3(4)5;3*1-3-2;/h1-2H2,(H,4,5);3*(H,1,2);/q;;;;+3/p-3. The second-order valence-corrected chi connectivity index (χ2v) is 2.35. The van der Waals surface area contributed by atoms with E-state index in [2.05, 4.69) is 0 Å². The molecule has 0 spiro atoms. The molecule has 0 aromatic heterocycles. The maximum absolute atomic E-state index is 9.60. The van der Waals surface area contributed by atoms with Crippen LogP contribution < -0.4 is 14.7 Å². The fraction of sp³-hybridized carbons (Fsp3) is 0.667. The molecule has 1 N–H and O–H groups in total. The molecule has 8 nitrogen and oxygen atoms in total. The van der Waals surface area contributed by atoms with E-state index in [1.165, 1.54) is 0 Å². The predicted octanol–water partition coefficient (Wildman–Crippen LogP) is -0.914. The predicted molar refractivity (Wildman–Crippen MR) is 39.9 cm³/mol. The SMILES string of the molecule is O=C(O)C[CH2][Ti+3].O=P[O-].O=P[O-].O=P[O-]. The van der Waals surface area contributed by atoms with Crippen LogP contribution in [0.4, 0.5) is 0 Å². The van der Waals surface area contributed by atoms with Crippen molar-refractivity contribution in [3.63, 3.8) is 0 Å². The van der Waals surface area contributed by atoms with Crippen LogP contribution in [-0.4, -0.2) is 11.1 Å². The van der Waals surface area contributed by atoms with Crippen LogP contribution >= 0.6 is 26.1 Å². The van der Waals surface area contributed by atoms with E-state index in [0.29, 0.717) is 6.42 Å². The second-order valence-electron chi connectivity index (χ2n) is 1.12. The minimum absolute atomic E-state index is 0.292. The molecule has 0 heterocycles. The van der Waals surface area contributed by atoms with Crippen LogP contribution in [0.2, 0.25) is 4.73 Å². The Bertz CT molecular complexity index is 140. The van der Waals surface area contributed by atoms with Crippen LogP contribution in [0.15, 0.2) is 0 Å². The zero-order chi connectivity index (χ0) is 13.1. The van der Waals surface area contributed by atoms with Crippen molar-refractivity contribution < 1.29 is 58.7 Å². The Morgan fingerprint density at radius 2 is 1.27 bits per heavy atom. The largest absolute Gasteiger partial charge is 0.772 e. The number of rotatable bonds is 2. The monoisotopic (exact) mass is 310 g/mol. The van der Waals surface area contributed by atoms with E-state index < -0.39 is 32.0 Å². The molecule has 0 aromatic rings. The summed E-state index contributed by atoms with van der Waals surface area (Å²) in [6.45, 7) is 0. The molecule has 15 heavy (non-hydrogen) atoms. The van der Waals surface area contributed by atoms with Crippen molar-refractivity contribution in [2.75, 3.05) is 0 Å². The summed E-state index contributed by atoms with van der Waals surface area (Å²) in [5.74, 6) is -0.711. The summed E-state index contributed by atoms with van der Waals surface area (Å²) in [5.41, 5.74) is 0. The molecule has 0 unspecified atom stereocenters. The normalized spacial score (nSPS) is 7.53. The van der Waals surface area contributed by atoms with Crippen LogP contribution in [0, 0.1) is 0 Å². The fourth-order valence-corrected chi connectivity index (χ4v) is 0.441. The van der Waals surface area contributed by atoms with Gasteiger partial charge in [-0.05, 0) is 0 Å². The van der Waals surface area contributed by atoms with Gasteiger partial charge in [0, 0.05) is 0 Å². The Kier molecular flexibility index (Phi) is 60.0. The van der Waals surface area contributed by atoms with Crippen molar-refractivity contribution in [3.05, 3.63) is 0 Å². The van der Waals surface area contributed by atoms with E-state index in [9.17, 15) is 4.79 Å². The minimum Gasteiger partial charge on any atom is -0.772 e. The van der Waals surface area contributed by atoms with Gasteiger partial charge in [0.25, 0.3) is 0 Å². The third kappa shape index (κ3) is 194. The van der Waals surface area contributed by atoms with E-state index in [0.717, 1.165) is 4.73 Å². The molecule has 12 heteroatoms. The van der Waals surface area contributed by atoms with E-state index in [-0.39, 0.29) is 0 Å². The Labute approximate surface area is 102 Å². The van der Waals surface area contributed by atoms with Gasteiger partial charge in [-0.2, -0.15) is 0 Å². The molecule has 0 atom stereocenters. The molecule has 0 rings (SSSR count). The zero-order valence-electron chi connectivity index (χ0n) is 7.06. The Balaban J connectivity index is -0.0000000581. The van der Waals surface area contributed by atoms with Crippen LogP contribution in [0.5, 0.6) is 0 Å². The average Bonchev–Trinajstić information content (AvgIpc) is 2.07. The number of carboxylic acid groups (broad SMARTS) is 1. The van der Waals surface area contributed by atoms with Gasteiger partial charge in [0.05, 0.1) is 26.1 Å². The van der Waals surface area contributed by atoms with E-state index in [1.807, 2.05) is 20.4 Å². The number of carboxylic acids is 1. The van der Waals surface area contributed by atoms with E-state index in [1.54, 1.807) is 0 Å². The quantitative estimate of drug-likeness (QED) is 0.507. The molecule has 0 fully saturated rings. The Morgan fingerprint density at radius 3 is 1.27 bits per heavy atom. The van der Waals surface area contributed by atoms with Gasteiger partial charge in [0.1, 0.15) is 0 Å². The zero-order valence-corrected chi connectivity index (χ0v) is 11.3. The van der Waals surface area contributed by atoms with E-state index in [4.69, 9.17) is 33.5 Å². The van der Waals surface area contributed by atoms with Crippen LogP contribution in [0.25, 0.3) is 0 Å². The van der Waals surface area contributed by atoms with Gasteiger partial charge in [-0.15, -0.1) is 0 Å². The van der Waals surface area contributed by atoms with Gasteiger partial charge in [0.15, 0.2) is 0 Å². The molecule has 84 valence electrons. The molecule has 0 aliphatic heterocycles. The first-order valence-electron chi connectivity index (χ1n) is 2.73. The summed E-state index contributed by atoms with van der Waals surface area (Å²) in [4.78, 5) is 34.6. The second kappa shape index (κ2) is 36.7. The smallest absolute Gasteiger partial charge is 0.0642 e. The number of hydrogen-bond acceptors (Lipinski definition) is 7. The maximum Gasteiger partial charge on any atom is 0.0642 e. The minimum atomic E-state index is -1.08. The number of aliphatic carboxylic acids is 1. The summed E-state index contributed by atoms with van der Waals surface area (Å²) in [5, 5.41) is 7.91. The molecule has 0 bridgehead atoms. The molecule has 0 saturated heterocycles. The van der Waals surface area contributed by atoms with Crippen molar-refractivity contribution in [2.45, 2.75) is 11.1 Å². The first-order valence-corrected chi connectivity index (χ1v) is 6.03. The molecular weight excluding hydrogens is 305 g/mol. The molecular formula is C3H5O8P3Ti. The third-order valence-corrected chi connectivity index (χ3v) is 0.729. The third-order valence-electron chi connectivity index (χ3n) is 0.339. The van der Waals surface area contributed by atoms with Crippen LogP contribution in [0.1, 0.15) is 6.42 Å². The summed E-state index contributed by atoms with van der Waals surface area (Å²) < 4.78 is 25.8. The molecule has 0 aliphatic rings. The van der Waals surface area contributed by atoms with E-state index >= 15 is 0 Å². The van der Waals surface area contributed by atoms with Crippen LogP contribution in [0.3, 0.4) is 0 Å². The first kappa shape index (κ1) is 24.5.